The predicted octanol–water partition coefficient (Wildman–Crippen LogP) is 3.39. The Morgan fingerprint density at radius 1 is 1.35 bits per heavy atom. The summed E-state index contributed by atoms with van der Waals surface area (Å²) in [4.78, 5) is 13.8. The maximum Gasteiger partial charge on any atom is 0.262 e. The molecule has 112 valence electrons. The van der Waals surface area contributed by atoms with E-state index in [1.807, 2.05) is 20.8 Å². The van der Waals surface area contributed by atoms with Gasteiger partial charge in [-0.3, -0.25) is 4.79 Å². The number of carbonyl (C=O) groups is 1. The topological polar surface area (TPSA) is 54.5 Å². The summed E-state index contributed by atoms with van der Waals surface area (Å²) in [6, 6.07) is 4.21. The summed E-state index contributed by atoms with van der Waals surface area (Å²) >= 11 is 6.00. The Bertz CT molecular complexity index is 600. The van der Waals surface area contributed by atoms with E-state index in [-0.39, 0.29) is 21.4 Å². The molecule has 7 heteroatoms. The summed E-state index contributed by atoms with van der Waals surface area (Å²) in [6.07, 6.45) is 0. The first-order valence-corrected chi connectivity index (χ1v) is 8.89. The number of hydrogen-bond donors (Lipinski definition) is 0. The second-order valence-corrected chi connectivity index (χ2v) is 7.73. The minimum atomic E-state index is -4.03. The van der Waals surface area contributed by atoms with Gasteiger partial charge >= 0.3 is 0 Å². The quantitative estimate of drug-likeness (QED) is 0.774. The summed E-state index contributed by atoms with van der Waals surface area (Å²) in [5.74, 6) is -0.163. The molecule has 0 saturated carbocycles. The lowest BCUT2D eigenvalue weighted by Gasteiger charge is -2.24. The van der Waals surface area contributed by atoms with E-state index >= 15 is 0 Å². The molecule has 0 bridgehead atoms. The largest absolute Gasteiger partial charge is 0.339 e. The second kappa shape index (κ2) is 6.78. The average Bonchev–Trinajstić information content (AvgIpc) is 2.33. The Morgan fingerprint density at radius 3 is 2.40 bits per heavy atom. The van der Waals surface area contributed by atoms with Crippen molar-refractivity contribution in [2.24, 2.45) is 5.92 Å². The zero-order valence-corrected chi connectivity index (χ0v) is 13.9. The van der Waals surface area contributed by atoms with Crippen LogP contribution in [-0.2, 0) is 9.05 Å². The van der Waals surface area contributed by atoms with E-state index < -0.39 is 15.0 Å². The Morgan fingerprint density at radius 2 is 1.95 bits per heavy atom. The van der Waals surface area contributed by atoms with Gasteiger partial charge in [0.25, 0.3) is 15.0 Å². The van der Waals surface area contributed by atoms with Gasteiger partial charge in [0.1, 0.15) is 0 Å². The fourth-order valence-electron chi connectivity index (χ4n) is 1.87. The van der Waals surface area contributed by atoms with Gasteiger partial charge in [-0.05, 0) is 25.0 Å². The van der Waals surface area contributed by atoms with Crippen LogP contribution in [-0.4, -0.2) is 32.3 Å². The first kappa shape index (κ1) is 17.3. The van der Waals surface area contributed by atoms with Crippen molar-refractivity contribution < 1.29 is 13.2 Å². The van der Waals surface area contributed by atoms with Crippen LogP contribution in [0.25, 0.3) is 0 Å². The molecule has 0 aliphatic carbocycles. The van der Waals surface area contributed by atoms with Crippen molar-refractivity contribution in [1.82, 2.24) is 4.90 Å². The van der Waals surface area contributed by atoms with Crippen molar-refractivity contribution in [3.8, 4) is 0 Å². The highest BCUT2D eigenvalue weighted by Crippen LogP contribution is 2.28. The lowest BCUT2D eigenvalue weighted by Crippen LogP contribution is -2.34. The monoisotopic (exact) mass is 337 g/mol. The van der Waals surface area contributed by atoms with E-state index in [9.17, 15) is 13.2 Å². The highest BCUT2D eigenvalue weighted by molar-refractivity contribution is 8.13. The highest BCUT2D eigenvalue weighted by atomic mass is 35.7. The normalized spacial score (nSPS) is 11.7. The molecule has 0 saturated heterocycles. The number of hydrogen-bond acceptors (Lipinski definition) is 3. The number of carbonyl (C=O) groups excluding carboxylic acids is 1. The van der Waals surface area contributed by atoms with Crippen LogP contribution in [0.4, 0.5) is 0 Å². The summed E-state index contributed by atoms with van der Waals surface area (Å²) in [7, 11) is 1.35. The molecule has 1 aromatic rings. The van der Waals surface area contributed by atoms with E-state index in [0.717, 1.165) is 0 Å². The van der Waals surface area contributed by atoms with Gasteiger partial charge < -0.3 is 4.90 Å². The number of halogens is 2. The van der Waals surface area contributed by atoms with Crippen LogP contribution in [0.15, 0.2) is 23.1 Å². The molecular weight excluding hydrogens is 321 g/mol. The van der Waals surface area contributed by atoms with Crippen LogP contribution in [0.3, 0.4) is 0 Å². The Kier molecular flexibility index (Phi) is 5.86. The fourth-order valence-corrected chi connectivity index (χ4v) is 3.25. The summed E-state index contributed by atoms with van der Waals surface area (Å²) in [6.45, 7) is 6.75. The SMILES string of the molecule is CCN(CC(C)C)C(=O)c1c(Cl)cccc1S(=O)(=O)Cl. The van der Waals surface area contributed by atoms with E-state index in [4.69, 9.17) is 22.3 Å². The number of rotatable bonds is 5. The average molecular weight is 338 g/mol. The molecule has 0 aromatic heterocycles. The van der Waals surface area contributed by atoms with Gasteiger partial charge in [0.15, 0.2) is 0 Å². The molecule has 0 spiro atoms. The molecule has 1 rings (SSSR count). The number of nitrogens with zero attached hydrogens (tertiary/aromatic N) is 1. The minimum Gasteiger partial charge on any atom is -0.339 e. The second-order valence-electron chi connectivity index (χ2n) is 4.79. The van der Waals surface area contributed by atoms with Crippen molar-refractivity contribution in [3.05, 3.63) is 28.8 Å². The van der Waals surface area contributed by atoms with Gasteiger partial charge in [0, 0.05) is 23.8 Å². The third kappa shape index (κ3) is 4.11. The van der Waals surface area contributed by atoms with Crippen LogP contribution < -0.4 is 0 Å². The van der Waals surface area contributed by atoms with Gasteiger partial charge in [-0.15, -0.1) is 0 Å². The molecule has 1 amide bonds. The van der Waals surface area contributed by atoms with Gasteiger partial charge in [-0.25, -0.2) is 8.42 Å². The molecule has 1 aromatic carbocycles. The van der Waals surface area contributed by atoms with E-state index in [1.54, 1.807) is 4.90 Å². The summed E-state index contributed by atoms with van der Waals surface area (Å²) in [5, 5.41) is 0.0823. The maximum atomic E-state index is 12.5. The molecule has 0 aliphatic heterocycles. The number of amides is 1. The van der Waals surface area contributed by atoms with Gasteiger partial charge in [-0.2, -0.15) is 0 Å². The fraction of sp³-hybridized carbons (Fsp3) is 0.462. The van der Waals surface area contributed by atoms with Crippen molar-refractivity contribution in [2.75, 3.05) is 13.1 Å². The zero-order valence-electron chi connectivity index (χ0n) is 11.6. The van der Waals surface area contributed by atoms with Gasteiger partial charge in [0.05, 0.1) is 15.5 Å². The van der Waals surface area contributed by atoms with Crippen molar-refractivity contribution in [2.45, 2.75) is 25.7 Å². The molecule has 0 fully saturated rings. The molecule has 4 nitrogen and oxygen atoms in total. The number of benzene rings is 1. The molecule has 0 radical (unpaired) electrons. The van der Waals surface area contributed by atoms with Crippen molar-refractivity contribution in [1.29, 1.82) is 0 Å². The molecule has 0 unspecified atom stereocenters. The third-order valence-corrected chi connectivity index (χ3v) is 4.39. The van der Waals surface area contributed by atoms with Crippen LogP contribution in [0.2, 0.25) is 5.02 Å². The van der Waals surface area contributed by atoms with Crippen LogP contribution in [0, 0.1) is 5.92 Å². The van der Waals surface area contributed by atoms with Crippen LogP contribution >= 0.6 is 22.3 Å². The molecule has 0 atom stereocenters. The zero-order chi connectivity index (χ0) is 15.5. The van der Waals surface area contributed by atoms with Gasteiger partial charge in [-0.1, -0.05) is 31.5 Å². The Balaban J connectivity index is 3.35. The first-order chi connectivity index (χ1) is 9.18. The van der Waals surface area contributed by atoms with E-state index in [1.165, 1.54) is 18.2 Å². The predicted molar refractivity (Wildman–Crippen MR) is 80.9 cm³/mol. The van der Waals surface area contributed by atoms with E-state index in [2.05, 4.69) is 0 Å². The van der Waals surface area contributed by atoms with E-state index in [0.29, 0.717) is 13.1 Å². The van der Waals surface area contributed by atoms with Crippen LogP contribution in [0.1, 0.15) is 31.1 Å². The molecule has 20 heavy (non-hydrogen) atoms. The van der Waals surface area contributed by atoms with Crippen LogP contribution in [0.5, 0.6) is 0 Å². The minimum absolute atomic E-state index is 0.0633. The molecule has 0 heterocycles. The smallest absolute Gasteiger partial charge is 0.262 e. The third-order valence-electron chi connectivity index (χ3n) is 2.71. The Labute approximate surface area is 129 Å². The standard InChI is InChI=1S/C13H17Cl2NO3S/c1-4-16(8-9(2)3)13(17)12-10(14)6-5-7-11(12)20(15,18)19/h5-7,9H,4,8H2,1-3H3. The molecule has 0 N–H and O–H groups in total. The van der Waals surface area contributed by atoms with Crippen molar-refractivity contribution in [3.63, 3.8) is 0 Å². The lowest BCUT2D eigenvalue weighted by atomic mass is 10.1. The van der Waals surface area contributed by atoms with Gasteiger partial charge in [0.2, 0.25) is 0 Å². The highest BCUT2D eigenvalue weighted by Gasteiger charge is 2.26. The molecular formula is C13H17Cl2NO3S. The Hall–Kier alpha value is -0.780. The molecule has 0 aliphatic rings. The first-order valence-electron chi connectivity index (χ1n) is 6.21. The summed E-state index contributed by atoms with van der Waals surface area (Å²) < 4.78 is 23.2. The van der Waals surface area contributed by atoms with Crippen molar-refractivity contribution >= 4 is 37.2 Å². The maximum absolute atomic E-state index is 12.5. The summed E-state index contributed by atoms with van der Waals surface area (Å²) in [5.41, 5.74) is -0.0633. The lowest BCUT2D eigenvalue weighted by molar-refractivity contribution is 0.0742.